The number of amides is 5. The number of unbranched alkanes of at least 4 members (excludes halogenated alkanes) is 1. The minimum absolute atomic E-state index is 0.0150. The number of nitrogens with one attached hydrogen (secondary N) is 6. The Morgan fingerprint density at radius 1 is 0.967 bits per heavy atom. The van der Waals surface area contributed by atoms with Gasteiger partial charge in [-0.05, 0) is 63.1 Å². The molecule has 5 amide bonds. The Balaban J connectivity index is 1.18. The first-order valence-corrected chi connectivity index (χ1v) is 20.7. The number of hydrogen-bond acceptors (Lipinski definition) is 12. The Kier molecular flexibility index (Phi) is 14.4. The van der Waals surface area contributed by atoms with Crippen LogP contribution in [0.1, 0.15) is 94.2 Å². The molecule has 1 aromatic heterocycles. The number of hydrogen-bond donors (Lipinski definition) is 8. The number of ether oxygens (including phenoxy) is 1. The molecule has 1 aliphatic carbocycles. The third-order valence-corrected chi connectivity index (χ3v) is 11.3. The summed E-state index contributed by atoms with van der Waals surface area (Å²) < 4.78 is 5.24. The Labute approximate surface area is 348 Å². The van der Waals surface area contributed by atoms with Crippen molar-refractivity contribution in [1.29, 1.82) is 0 Å². The van der Waals surface area contributed by atoms with Crippen LogP contribution >= 0.6 is 0 Å². The predicted octanol–water partition coefficient (Wildman–Crippen LogP) is 2.17. The van der Waals surface area contributed by atoms with Gasteiger partial charge in [-0.2, -0.15) is 0 Å². The second-order valence-corrected chi connectivity index (χ2v) is 16.3. The number of likely N-dealkylation sites (tertiary alicyclic amines) is 1. The number of aromatic nitrogens is 2. The zero-order valence-corrected chi connectivity index (χ0v) is 34.1. The maximum absolute atomic E-state index is 14.9. The van der Waals surface area contributed by atoms with E-state index in [0.717, 1.165) is 37.7 Å². The summed E-state index contributed by atoms with van der Waals surface area (Å²) in [6, 6.07) is 12.4. The van der Waals surface area contributed by atoms with Crippen LogP contribution in [-0.2, 0) is 30.5 Å². The zero-order valence-electron chi connectivity index (χ0n) is 34.1. The average molecular weight is 829 g/mol. The van der Waals surface area contributed by atoms with Crippen LogP contribution in [0.15, 0.2) is 66.5 Å². The number of aliphatic hydroxyl groups is 1. The Morgan fingerprint density at radius 2 is 1.70 bits per heavy atom. The second kappa shape index (κ2) is 19.8. The largest absolute Gasteiger partial charge is 0.445 e. The highest BCUT2D eigenvalue weighted by molar-refractivity contribution is 6.37. The van der Waals surface area contributed by atoms with Crippen molar-refractivity contribution in [1.82, 2.24) is 46.8 Å². The first-order chi connectivity index (χ1) is 28.8. The van der Waals surface area contributed by atoms with Gasteiger partial charge in [0.2, 0.25) is 17.6 Å². The number of nitrogens with zero attached hydrogens (tertiary/aromatic N) is 3. The highest BCUT2D eigenvalue weighted by Crippen LogP contribution is 2.32. The van der Waals surface area contributed by atoms with Gasteiger partial charge in [-0.1, -0.05) is 74.6 Å². The first-order valence-electron chi connectivity index (χ1n) is 20.7. The number of benzene rings is 2. The SMILES string of the molecule is CC(C)(O)C1=CNNN1[C@H]1C[C@@H](C(=O)NC(CCCCNC(=O)OCc2ccccc2)C(=O)C(N)=O)N(C(=O)[C@@H](CC2CCCCC2)NC(=O)c2nc3ccccc3[nH]2)C1. The van der Waals surface area contributed by atoms with Gasteiger partial charge < -0.3 is 46.8 Å². The van der Waals surface area contributed by atoms with E-state index in [1.54, 1.807) is 37.2 Å². The smallest absolute Gasteiger partial charge is 0.407 e. The van der Waals surface area contributed by atoms with Crippen molar-refractivity contribution in [3.8, 4) is 0 Å². The molecule has 0 radical (unpaired) electrons. The van der Waals surface area contributed by atoms with Gasteiger partial charge in [-0.25, -0.2) is 9.78 Å². The molecule has 0 spiro atoms. The summed E-state index contributed by atoms with van der Waals surface area (Å²) in [7, 11) is 0. The van der Waals surface area contributed by atoms with Crippen molar-refractivity contribution in [3.63, 3.8) is 0 Å². The summed E-state index contributed by atoms with van der Waals surface area (Å²) in [6.45, 7) is 3.55. The number of primary amides is 1. The molecule has 60 heavy (non-hydrogen) atoms. The van der Waals surface area contributed by atoms with Crippen LogP contribution in [0.2, 0.25) is 0 Å². The van der Waals surface area contributed by atoms with E-state index in [-0.39, 0.29) is 44.3 Å². The number of imidazole rings is 1. The van der Waals surface area contributed by atoms with E-state index in [1.807, 2.05) is 42.5 Å². The van der Waals surface area contributed by atoms with Crippen molar-refractivity contribution in [2.24, 2.45) is 11.7 Å². The number of para-hydroxylation sites is 2. The molecule has 1 saturated carbocycles. The number of carbonyl (C=O) groups excluding carboxylic acids is 6. The van der Waals surface area contributed by atoms with Crippen molar-refractivity contribution in [2.45, 2.75) is 114 Å². The normalized spacial score (nSPS) is 19.2. The van der Waals surface area contributed by atoms with Gasteiger partial charge in [0.15, 0.2) is 5.82 Å². The monoisotopic (exact) mass is 828 g/mol. The van der Waals surface area contributed by atoms with Crippen molar-refractivity contribution >= 4 is 46.5 Å². The van der Waals surface area contributed by atoms with E-state index in [1.165, 1.54) is 4.90 Å². The Hall–Kier alpha value is -6.01. The molecule has 1 unspecified atom stereocenters. The minimum atomic E-state index is -1.31. The fourth-order valence-corrected chi connectivity index (χ4v) is 8.16. The molecule has 18 nitrogen and oxygen atoms in total. The number of aromatic amines is 1. The van der Waals surface area contributed by atoms with E-state index in [0.29, 0.717) is 36.0 Å². The Morgan fingerprint density at radius 3 is 2.42 bits per heavy atom. The number of nitrogens with two attached hydrogens (primary N) is 1. The van der Waals surface area contributed by atoms with Crippen LogP contribution in [0.25, 0.3) is 11.0 Å². The number of rotatable bonds is 18. The summed E-state index contributed by atoms with van der Waals surface area (Å²) in [5.41, 5.74) is 12.6. The van der Waals surface area contributed by atoms with E-state index in [2.05, 4.69) is 36.9 Å². The second-order valence-electron chi connectivity index (χ2n) is 16.3. The molecule has 3 heterocycles. The molecule has 2 aromatic carbocycles. The van der Waals surface area contributed by atoms with Crippen LogP contribution in [0.4, 0.5) is 4.79 Å². The van der Waals surface area contributed by atoms with Gasteiger partial charge in [0, 0.05) is 25.7 Å². The Bertz CT molecular complexity index is 2010. The molecule has 18 heteroatoms. The number of ketones is 1. The highest BCUT2D eigenvalue weighted by Gasteiger charge is 2.47. The van der Waals surface area contributed by atoms with Gasteiger partial charge in [-0.3, -0.25) is 29.0 Å². The lowest BCUT2D eigenvalue weighted by molar-refractivity contribution is -0.142. The molecule has 6 rings (SSSR count). The van der Waals surface area contributed by atoms with E-state index in [4.69, 9.17) is 10.5 Å². The van der Waals surface area contributed by atoms with Crippen molar-refractivity contribution in [3.05, 3.63) is 77.9 Å². The number of hydrazine groups is 2. The van der Waals surface area contributed by atoms with Crippen molar-refractivity contribution < 1.29 is 38.6 Å². The third-order valence-electron chi connectivity index (χ3n) is 11.3. The number of carbonyl (C=O) groups is 6. The van der Waals surface area contributed by atoms with Crippen LogP contribution in [-0.4, -0.2) is 103 Å². The zero-order chi connectivity index (χ0) is 42.8. The molecule has 0 bridgehead atoms. The van der Waals surface area contributed by atoms with Crippen LogP contribution in [0.3, 0.4) is 0 Å². The topological polar surface area (TPSA) is 253 Å². The van der Waals surface area contributed by atoms with Gasteiger partial charge in [0.05, 0.1) is 28.8 Å². The number of alkyl carbamates (subject to hydrolysis) is 1. The van der Waals surface area contributed by atoms with E-state index >= 15 is 0 Å². The maximum Gasteiger partial charge on any atom is 0.407 e. The summed E-state index contributed by atoms with van der Waals surface area (Å²) >= 11 is 0. The van der Waals surface area contributed by atoms with Gasteiger partial charge in [-0.15, -0.1) is 5.53 Å². The fraction of sp³-hybridized carbons (Fsp3) is 0.500. The summed E-state index contributed by atoms with van der Waals surface area (Å²) in [5, 5.41) is 20.9. The van der Waals surface area contributed by atoms with E-state index in [9.17, 15) is 33.9 Å². The molecule has 1 saturated heterocycles. The lowest BCUT2D eigenvalue weighted by atomic mass is 9.84. The highest BCUT2D eigenvalue weighted by atomic mass is 16.5. The van der Waals surface area contributed by atoms with Gasteiger partial charge in [0.1, 0.15) is 24.3 Å². The maximum atomic E-state index is 14.9. The number of fused-ring (bicyclic) bond motifs is 1. The molecule has 2 aliphatic heterocycles. The summed E-state index contributed by atoms with van der Waals surface area (Å²) in [4.78, 5) is 89.3. The van der Waals surface area contributed by atoms with E-state index < -0.39 is 65.3 Å². The average Bonchev–Trinajstić information content (AvgIpc) is 4.01. The van der Waals surface area contributed by atoms with Crippen LogP contribution < -0.4 is 32.6 Å². The van der Waals surface area contributed by atoms with Crippen LogP contribution in [0.5, 0.6) is 0 Å². The molecule has 322 valence electrons. The van der Waals surface area contributed by atoms with Crippen LogP contribution in [0, 0.1) is 5.92 Å². The minimum Gasteiger partial charge on any atom is -0.445 e. The van der Waals surface area contributed by atoms with Gasteiger partial charge in [0.25, 0.3) is 11.8 Å². The molecule has 9 N–H and O–H groups in total. The first kappa shape index (κ1) is 43.6. The standard InChI is InChI=1S/C42H56N10O8/c1-42(2,59)34-23-45-50-52(34)28-22-33(38(55)48-31(35(53)36(43)54)19-11-12-20-44-41(58)60-25-27-15-7-4-8-16-27)51(24-28)40(57)32(21-26-13-5-3-6-14-26)49-39(56)37-46-29-17-9-10-18-30(29)47-37/h4,7-10,15-18,23,26,28,31-33,45,50,59H,3,5-6,11-14,19-22,24-25H2,1-2H3,(H2,43,54)(H,44,58)(H,46,47)(H,48,55)(H,49,56)/t28-,31?,32+,33-/m0/s1. The molecular formula is C42H56N10O8. The predicted molar refractivity (Wildman–Crippen MR) is 220 cm³/mol. The quantitative estimate of drug-likeness (QED) is 0.0679. The van der Waals surface area contributed by atoms with Gasteiger partial charge >= 0.3 is 6.09 Å². The number of Topliss-reactive ketones (excluding diaryl/α,β-unsaturated/α-hetero) is 1. The lowest BCUT2D eigenvalue weighted by Crippen LogP contribution is -2.56. The fourth-order valence-electron chi connectivity index (χ4n) is 8.16. The third kappa shape index (κ3) is 11.2. The molecular weight excluding hydrogens is 773 g/mol. The molecule has 3 aliphatic rings. The summed E-state index contributed by atoms with van der Waals surface area (Å²) in [6.07, 6.45) is 7.01. The van der Waals surface area contributed by atoms with Crippen molar-refractivity contribution in [2.75, 3.05) is 13.1 Å². The lowest BCUT2D eigenvalue weighted by Gasteiger charge is -2.34. The molecule has 4 atom stereocenters. The summed E-state index contributed by atoms with van der Waals surface area (Å²) in [5.74, 6) is -3.77. The number of H-pyrrole nitrogens is 1. The molecule has 2 fully saturated rings. The molecule has 3 aromatic rings.